The number of aromatic nitrogens is 4. The van der Waals surface area contributed by atoms with Crippen LogP contribution in [-0.4, -0.2) is 43.6 Å². The van der Waals surface area contributed by atoms with Gasteiger partial charge in [-0.25, -0.2) is 4.79 Å². The summed E-state index contributed by atoms with van der Waals surface area (Å²) in [4.78, 5) is 14.6. The molecule has 2 amide bonds. The first-order valence-corrected chi connectivity index (χ1v) is 8.94. The van der Waals surface area contributed by atoms with Gasteiger partial charge in [0.05, 0.1) is 23.3 Å². The summed E-state index contributed by atoms with van der Waals surface area (Å²) in [6, 6.07) is 0.253. The van der Waals surface area contributed by atoms with Crippen LogP contribution in [0.2, 0.25) is 0 Å². The minimum absolute atomic E-state index is 0.0248. The van der Waals surface area contributed by atoms with Crippen molar-refractivity contribution in [2.45, 2.75) is 46.6 Å². The molecule has 25 heavy (non-hydrogen) atoms. The molecule has 0 aromatic carbocycles. The highest BCUT2D eigenvalue weighted by Crippen LogP contribution is 2.25. The van der Waals surface area contributed by atoms with Gasteiger partial charge in [0.1, 0.15) is 0 Å². The fraction of sp³-hybridized carbons (Fsp3) is 0.611. The second kappa shape index (κ2) is 6.90. The van der Waals surface area contributed by atoms with E-state index in [1.807, 2.05) is 41.4 Å². The maximum absolute atomic E-state index is 12.7. The summed E-state index contributed by atoms with van der Waals surface area (Å²) in [5.41, 5.74) is 3.95. The molecule has 0 radical (unpaired) electrons. The van der Waals surface area contributed by atoms with Crippen LogP contribution in [0.3, 0.4) is 0 Å². The Hall–Kier alpha value is -2.31. The fourth-order valence-corrected chi connectivity index (χ4v) is 3.63. The van der Waals surface area contributed by atoms with Gasteiger partial charge in [-0.05, 0) is 52.0 Å². The molecule has 1 aliphatic rings. The van der Waals surface area contributed by atoms with E-state index in [9.17, 15) is 4.79 Å². The Bertz CT molecular complexity index is 760. The summed E-state index contributed by atoms with van der Waals surface area (Å²) in [6.45, 7) is 9.72. The number of carbonyl (C=O) groups excluding carboxylic acids is 1. The molecule has 2 aromatic heterocycles. The van der Waals surface area contributed by atoms with Crippen molar-refractivity contribution in [3.05, 3.63) is 29.3 Å². The van der Waals surface area contributed by atoms with Crippen molar-refractivity contribution in [2.75, 3.05) is 18.4 Å². The van der Waals surface area contributed by atoms with E-state index in [0.717, 1.165) is 43.0 Å². The average molecular weight is 344 g/mol. The zero-order valence-corrected chi connectivity index (χ0v) is 15.8. The molecule has 0 bridgehead atoms. The highest BCUT2D eigenvalue weighted by Gasteiger charge is 2.27. The monoisotopic (exact) mass is 344 g/mol. The van der Waals surface area contributed by atoms with Crippen LogP contribution in [0.15, 0.2) is 12.4 Å². The number of hydrogen-bond donors (Lipinski definition) is 1. The predicted molar refractivity (Wildman–Crippen MR) is 97.7 cm³/mol. The molecule has 2 aromatic rings. The number of nitrogens with zero attached hydrogens (tertiary/aromatic N) is 5. The molecule has 1 N–H and O–H groups in total. The first-order chi connectivity index (χ1) is 11.8. The number of anilines is 1. The van der Waals surface area contributed by atoms with Gasteiger partial charge in [0.15, 0.2) is 0 Å². The molecule has 1 saturated heterocycles. The Balaban J connectivity index is 1.61. The molecule has 0 unspecified atom stereocenters. The van der Waals surface area contributed by atoms with Crippen LogP contribution in [0, 0.1) is 19.8 Å². The van der Waals surface area contributed by atoms with Gasteiger partial charge in [0, 0.05) is 32.4 Å². The van der Waals surface area contributed by atoms with Crippen molar-refractivity contribution < 1.29 is 4.79 Å². The second-order valence-electron chi connectivity index (χ2n) is 7.34. The number of rotatable bonds is 4. The number of aryl methyl sites for hydroxylation is 2. The average Bonchev–Trinajstić information content (AvgIpc) is 3.24. The quantitative estimate of drug-likeness (QED) is 0.927. The van der Waals surface area contributed by atoms with Crippen molar-refractivity contribution in [1.29, 1.82) is 0 Å². The van der Waals surface area contributed by atoms with E-state index in [0.29, 0.717) is 5.92 Å². The maximum Gasteiger partial charge on any atom is 0.321 e. The van der Waals surface area contributed by atoms with Crippen molar-refractivity contribution in [3.8, 4) is 0 Å². The first-order valence-electron chi connectivity index (χ1n) is 8.94. The lowest BCUT2D eigenvalue weighted by Gasteiger charge is -2.18. The zero-order chi connectivity index (χ0) is 18.1. The van der Waals surface area contributed by atoms with Gasteiger partial charge >= 0.3 is 6.03 Å². The number of likely N-dealkylation sites (tertiary alicyclic amines) is 1. The lowest BCUT2D eigenvalue weighted by Crippen LogP contribution is -2.33. The highest BCUT2D eigenvalue weighted by molar-refractivity contribution is 5.90. The van der Waals surface area contributed by atoms with Gasteiger partial charge in [0.25, 0.3) is 0 Å². The Morgan fingerprint density at radius 1 is 1.40 bits per heavy atom. The maximum atomic E-state index is 12.7. The Morgan fingerprint density at radius 3 is 2.76 bits per heavy atom. The highest BCUT2D eigenvalue weighted by atomic mass is 16.2. The molecule has 0 saturated carbocycles. The van der Waals surface area contributed by atoms with E-state index in [1.54, 1.807) is 0 Å². The number of nitrogens with one attached hydrogen (secondary N) is 1. The molecule has 3 rings (SSSR count). The van der Waals surface area contributed by atoms with E-state index in [4.69, 9.17) is 0 Å². The van der Waals surface area contributed by atoms with Gasteiger partial charge < -0.3 is 10.2 Å². The van der Waals surface area contributed by atoms with Crippen molar-refractivity contribution >= 4 is 11.7 Å². The van der Waals surface area contributed by atoms with Crippen molar-refractivity contribution in [3.63, 3.8) is 0 Å². The smallest absolute Gasteiger partial charge is 0.321 e. The van der Waals surface area contributed by atoms with Crippen LogP contribution >= 0.6 is 0 Å². The molecule has 136 valence electrons. The SMILES string of the molecule is Cc1nn(C(C)C)c(C)c1NC(=O)N1CC[C@H](Cc2cnn(C)c2)C1. The third kappa shape index (κ3) is 3.70. The topological polar surface area (TPSA) is 68.0 Å². The summed E-state index contributed by atoms with van der Waals surface area (Å²) < 4.78 is 3.78. The van der Waals surface area contributed by atoms with Crippen LogP contribution < -0.4 is 5.32 Å². The predicted octanol–water partition coefficient (Wildman–Crippen LogP) is 2.91. The number of carbonyl (C=O) groups is 1. The molecule has 0 spiro atoms. The Labute approximate surface area is 149 Å². The largest absolute Gasteiger partial charge is 0.324 e. The summed E-state index contributed by atoms with van der Waals surface area (Å²) in [7, 11) is 1.93. The summed E-state index contributed by atoms with van der Waals surface area (Å²) in [6.07, 6.45) is 5.97. The lowest BCUT2D eigenvalue weighted by atomic mass is 10.0. The van der Waals surface area contributed by atoms with Crippen molar-refractivity contribution in [2.24, 2.45) is 13.0 Å². The first kappa shape index (κ1) is 17.5. The van der Waals surface area contributed by atoms with Gasteiger partial charge in [-0.1, -0.05) is 0 Å². The molecule has 0 aliphatic carbocycles. The van der Waals surface area contributed by atoms with Crippen LogP contribution in [0.1, 0.15) is 43.3 Å². The summed E-state index contributed by atoms with van der Waals surface area (Å²) in [5, 5.41) is 11.8. The van der Waals surface area contributed by atoms with Gasteiger partial charge in [0.2, 0.25) is 0 Å². The van der Waals surface area contributed by atoms with Crippen LogP contribution in [0.4, 0.5) is 10.5 Å². The minimum Gasteiger partial charge on any atom is -0.324 e. The van der Waals surface area contributed by atoms with Crippen LogP contribution in [0.5, 0.6) is 0 Å². The zero-order valence-electron chi connectivity index (χ0n) is 15.8. The summed E-state index contributed by atoms with van der Waals surface area (Å²) >= 11 is 0. The third-order valence-electron chi connectivity index (χ3n) is 4.90. The molecule has 3 heterocycles. The molecule has 1 atom stereocenters. The Kier molecular flexibility index (Phi) is 4.83. The normalized spacial score (nSPS) is 17.5. The second-order valence-corrected chi connectivity index (χ2v) is 7.34. The molecule has 7 heteroatoms. The molecular weight excluding hydrogens is 316 g/mol. The van der Waals surface area contributed by atoms with Crippen LogP contribution in [0.25, 0.3) is 0 Å². The van der Waals surface area contributed by atoms with Gasteiger partial charge in [-0.2, -0.15) is 10.2 Å². The van der Waals surface area contributed by atoms with Crippen molar-refractivity contribution in [1.82, 2.24) is 24.5 Å². The molecule has 1 aliphatic heterocycles. The summed E-state index contributed by atoms with van der Waals surface area (Å²) in [5.74, 6) is 0.496. The van der Waals surface area contributed by atoms with E-state index in [1.165, 1.54) is 5.56 Å². The molecular formula is C18H28N6O. The van der Waals surface area contributed by atoms with Gasteiger partial charge in [-0.3, -0.25) is 9.36 Å². The van der Waals surface area contributed by atoms with Gasteiger partial charge in [-0.15, -0.1) is 0 Å². The standard InChI is InChI=1S/C18H28N6O/c1-12(2)24-14(4)17(13(3)21-24)20-18(25)23-7-6-15(11-23)8-16-9-19-22(5)10-16/h9-10,12,15H,6-8,11H2,1-5H3,(H,20,25)/t15-/m1/s1. The lowest BCUT2D eigenvalue weighted by molar-refractivity contribution is 0.220. The fourth-order valence-electron chi connectivity index (χ4n) is 3.63. The van der Waals surface area contributed by atoms with E-state index < -0.39 is 0 Å². The molecule has 7 nitrogen and oxygen atoms in total. The van der Waals surface area contributed by atoms with E-state index >= 15 is 0 Å². The van der Waals surface area contributed by atoms with Crippen LogP contribution in [-0.2, 0) is 13.5 Å². The third-order valence-corrected chi connectivity index (χ3v) is 4.90. The number of urea groups is 1. The van der Waals surface area contributed by atoms with E-state index in [2.05, 4.69) is 35.6 Å². The number of amides is 2. The molecule has 1 fully saturated rings. The minimum atomic E-state index is -0.0248. The Morgan fingerprint density at radius 2 is 2.16 bits per heavy atom. The van der Waals surface area contributed by atoms with E-state index in [-0.39, 0.29) is 12.1 Å². The number of hydrogen-bond acceptors (Lipinski definition) is 3.